The number of rotatable bonds is 5. The van der Waals surface area contributed by atoms with E-state index in [2.05, 4.69) is 10.3 Å². The summed E-state index contributed by atoms with van der Waals surface area (Å²) < 4.78 is 0. The van der Waals surface area contributed by atoms with Gasteiger partial charge in [0.15, 0.2) is 0 Å². The van der Waals surface area contributed by atoms with E-state index in [0.717, 1.165) is 28.4 Å². The Labute approximate surface area is 139 Å². The van der Waals surface area contributed by atoms with E-state index in [1.165, 1.54) is 0 Å². The first-order chi connectivity index (χ1) is 11.1. The van der Waals surface area contributed by atoms with Crippen molar-refractivity contribution in [1.29, 1.82) is 0 Å². The second kappa shape index (κ2) is 6.91. The van der Waals surface area contributed by atoms with E-state index in [1.807, 2.05) is 30.0 Å². The van der Waals surface area contributed by atoms with Gasteiger partial charge in [0.25, 0.3) is 5.91 Å². The van der Waals surface area contributed by atoms with Crippen LogP contribution in [-0.4, -0.2) is 28.2 Å². The summed E-state index contributed by atoms with van der Waals surface area (Å²) in [6.07, 6.45) is 3.34. The predicted octanol–water partition coefficient (Wildman–Crippen LogP) is 2.50. The highest BCUT2D eigenvalue weighted by Gasteiger charge is 2.20. The second-order valence-electron chi connectivity index (χ2n) is 5.65. The number of amides is 2. The number of benzene rings is 1. The lowest BCUT2D eigenvalue weighted by Gasteiger charge is -2.16. The standard InChI is InChI=1S/C17H19N3O2S/c1-12-18-9-15(23-12)10-19-17(22)14-5-2-4-13(8-14)11-20-7-3-6-16(20)21/h2,4-5,8-9H,3,6-7,10-11H2,1H3,(H,19,22). The molecule has 0 bridgehead atoms. The maximum atomic E-state index is 12.3. The molecular weight excluding hydrogens is 310 g/mol. The Hall–Kier alpha value is -2.21. The zero-order valence-corrected chi connectivity index (χ0v) is 13.9. The normalized spacial score (nSPS) is 14.3. The van der Waals surface area contributed by atoms with Crippen molar-refractivity contribution in [3.05, 3.63) is 51.5 Å². The third-order valence-corrected chi connectivity index (χ3v) is 4.74. The van der Waals surface area contributed by atoms with Crippen LogP contribution in [0.15, 0.2) is 30.5 Å². The van der Waals surface area contributed by atoms with Crippen molar-refractivity contribution in [1.82, 2.24) is 15.2 Å². The monoisotopic (exact) mass is 329 g/mol. The Morgan fingerprint density at radius 2 is 2.30 bits per heavy atom. The largest absolute Gasteiger partial charge is 0.347 e. The summed E-state index contributed by atoms with van der Waals surface area (Å²) in [5, 5.41) is 3.90. The highest BCUT2D eigenvalue weighted by molar-refractivity contribution is 7.11. The first-order valence-electron chi connectivity index (χ1n) is 7.68. The Kier molecular flexibility index (Phi) is 4.71. The molecule has 1 aromatic carbocycles. The molecule has 0 unspecified atom stereocenters. The molecule has 2 amide bonds. The number of aryl methyl sites for hydroxylation is 1. The zero-order chi connectivity index (χ0) is 16.2. The Morgan fingerprint density at radius 1 is 1.43 bits per heavy atom. The lowest BCUT2D eigenvalue weighted by Crippen LogP contribution is -2.25. The summed E-state index contributed by atoms with van der Waals surface area (Å²) in [5.74, 6) is 0.0890. The van der Waals surface area contributed by atoms with Crippen LogP contribution in [0.1, 0.15) is 38.6 Å². The molecule has 120 valence electrons. The van der Waals surface area contributed by atoms with E-state index in [9.17, 15) is 9.59 Å². The summed E-state index contributed by atoms with van der Waals surface area (Å²) >= 11 is 1.58. The van der Waals surface area contributed by atoms with Gasteiger partial charge in [0.1, 0.15) is 0 Å². The van der Waals surface area contributed by atoms with E-state index >= 15 is 0 Å². The third-order valence-electron chi connectivity index (χ3n) is 3.83. The van der Waals surface area contributed by atoms with Gasteiger partial charge in [0.05, 0.1) is 11.6 Å². The van der Waals surface area contributed by atoms with Crippen LogP contribution in [0, 0.1) is 6.92 Å². The number of nitrogens with one attached hydrogen (secondary N) is 1. The highest BCUT2D eigenvalue weighted by atomic mass is 32.1. The molecule has 1 fully saturated rings. The van der Waals surface area contributed by atoms with Crippen LogP contribution in [0.4, 0.5) is 0 Å². The van der Waals surface area contributed by atoms with Crippen molar-refractivity contribution in [2.24, 2.45) is 0 Å². The number of nitrogens with zero attached hydrogens (tertiary/aromatic N) is 2. The van der Waals surface area contributed by atoms with E-state index in [-0.39, 0.29) is 11.8 Å². The molecule has 3 rings (SSSR count). The zero-order valence-electron chi connectivity index (χ0n) is 13.0. The van der Waals surface area contributed by atoms with Crippen molar-refractivity contribution < 1.29 is 9.59 Å². The fourth-order valence-electron chi connectivity index (χ4n) is 2.66. The van der Waals surface area contributed by atoms with E-state index in [0.29, 0.717) is 25.1 Å². The molecule has 23 heavy (non-hydrogen) atoms. The summed E-state index contributed by atoms with van der Waals surface area (Å²) in [5.41, 5.74) is 1.61. The van der Waals surface area contributed by atoms with Crippen molar-refractivity contribution in [2.75, 3.05) is 6.54 Å². The van der Waals surface area contributed by atoms with Crippen LogP contribution in [0.2, 0.25) is 0 Å². The van der Waals surface area contributed by atoms with Gasteiger partial charge in [-0.2, -0.15) is 0 Å². The Morgan fingerprint density at radius 3 is 3.00 bits per heavy atom. The first-order valence-corrected chi connectivity index (χ1v) is 8.50. The Bertz CT molecular complexity index is 726. The number of aromatic nitrogens is 1. The van der Waals surface area contributed by atoms with Gasteiger partial charge in [-0.1, -0.05) is 12.1 Å². The average molecular weight is 329 g/mol. The molecule has 1 aliphatic heterocycles. The predicted molar refractivity (Wildman–Crippen MR) is 89.1 cm³/mol. The van der Waals surface area contributed by atoms with Gasteiger partial charge in [-0.25, -0.2) is 4.98 Å². The summed E-state index contributed by atoms with van der Waals surface area (Å²) in [6.45, 7) is 3.81. The Balaban J connectivity index is 1.61. The molecule has 0 aliphatic carbocycles. The fourth-order valence-corrected chi connectivity index (χ4v) is 3.39. The lowest BCUT2D eigenvalue weighted by atomic mass is 10.1. The maximum absolute atomic E-state index is 12.3. The maximum Gasteiger partial charge on any atom is 0.251 e. The molecule has 2 aromatic rings. The molecule has 1 aromatic heterocycles. The summed E-state index contributed by atoms with van der Waals surface area (Å²) in [6, 6.07) is 7.47. The summed E-state index contributed by atoms with van der Waals surface area (Å²) in [7, 11) is 0. The number of carbonyl (C=O) groups excluding carboxylic acids is 2. The third kappa shape index (κ3) is 3.96. The lowest BCUT2D eigenvalue weighted by molar-refractivity contribution is -0.128. The molecule has 0 radical (unpaired) electrons. The minimum Gasteiger partial charge on any atom is -0.347 e. The van der Waals surface area contributed by atoms with Crippen molar-refractivity contribution in [3.63, 3.8) is 0 Å². The SMILES string of the molecule is Cc1ncc(CNC(=O)c2cccc(CN3CCCC3=O)c2)s1. The van der Waals surface area contributed by atoms with Crippen LogP contribution in [0.3, 0.4) is 0 Å². The van der Waals surface area contributed by atoms with Gasteiger partial charge in [-0.15, -0.1) is 11.3 Å². The second-order valence-corrected chi connectivity index (χ2v) is 6.97. The fraction of sp³-hybridized carbons (Fsp3) is 0.353. The smallest absolute Gasteiger partial charge is 0.251 e. The quantitative estimate of drug-likeness (QED) is 0.917. The molecule has 0 spiro atoms. The number of thiazole rings is 1. The molecule has 1 saturated heterocycles. The number of carbonyl (C=O) groups is 2. The van der Waals surface area contributed by atoms with E-state index < -0.39 is 0 Å². The van der Waals surface area contributed by atoms with Crippen LogP contribution in [0.5, 0.6) is 0 Å². The molecule has 5 nitrogen and oxygen atoms in total. The molecule has 0 saturated carbocycles. The number of hydrogen-bond acceptors (Lipinski definition) is 4. The molecule has 0 atom stereocenters. The number of likely N-dealkylation sites (tertiary alicyclic amines) is 1. The van der Waals surface area contributed by atoms with Crippen molar-refractivity contribution in [2.45, 2.75) is 32.9 Å². The van der Waals surface area contributed by atoms with Gasteiger partial charge in [0.2, 0.25) is 5.91 Å². The van der Waals surface area contributed by atoms with Crippen LogP contribution >= 0.6 is 11.3 Å². The molecule has 1 N–H and O–H groups in total. The number of hydrogen-bond donors (Lipinski definition) is 1. The van der Waals surface area contributed by atoms with Gasteiger partial charge in [0, 0.05) is 36.1 Å². The minimum absolute atomic E-state index is 0.106. The van der Waals surface area contributed by atoms with Gasteiger partial charge < -0.3 is 10.2 Å². The van der Waals surface area contributed by atoms with Crippen LogP contribution < -0.4 is 5.32 Å². The van der Waals surface area contributed by atoms with E-state index in [4.69, 9.17) is 0 Å². The van der Waals surface area contributed by atoms with Crippen LogP contribution in [-0.2, 0) is 17.9 Å². The van der Waals surface area contributed by atoms with Gasteiger partial charge in [-0.05, 0) is 31.0 Å². The average Bonchev–Trinajstić information content (AvgIpc) is 3.14. The van der Waals surface area contributed by atoms with Crippen LogP contribution in [0.25, 0.3) is 0 Å². The summed E-state index contributed by atoms with van der Waals surface area (Å²) in [4.78, 5) is 31.0. The molecule has 1 aliphatic rings. The van der Waals surface area contributed by atoms with Gasteiger partial charge >= 0.3 is 0 Å². The molecule has 6 heteroatoms. The first kappa shape index (κ1) is 15.7. The van der Waals surface area contributed by atoms with Gasteiger partial charge in [-0.3, -0.25) is 9.59 Å². The molecule has 2 heterocycles. The topological polar surface area (TPSA) is 62.3 Å². The highest BCUT2D eigenvalue weighted by Crippen LogP contribution is 2.16. The van der Waals surface area contributed by atoms with Crippen molar-refractivity contribution in [3.8, 4) is 0 Å². The van der Waals surface area contributed by atoms with E-state index in [1.54, 1.807) is 23.6 Å². The van der Waals surface area contributed by atoms with Crippen molar-refractivity contribution >= 4 is 23.2 Å². The molecular formula is C17H19N3O2S. The minimum atomic E-state index is -0.106.